The van der Waals surface area contributed by atoms with Crippen LogP contribution in [0.2, 0.25) is 5.02 Å². The van der Waals surface area contributed by atoms with E-state index < -0.39 is 10.0 Å². The van der Waals surface area contributed by atoms with Crippen LogP contribution in [0, 0.1) is 0 Å². The van der Waals surface area contributed by atoms with E-state index in [0.717, 1.165) is 0 Å². The van der Waals surface area contributed by atoms with Gasteiger partial charge in [0, 0.05) is 15.5 Å². The monoisotopic (exact) mass is 368 g/mol. The zero-order valence-electron chi connectivity index (χ0n) is 10.9. The van der Waals surface area contributed by atoms with Gasteiger partial charge in [-0.3, -0.25) is 4.72 Å². The van der Waals surface area contributed by atoms with Crippen LogP contribution in [-0.2, 0) is 10.0 Å². The maximum atomic E-state index is 11.9. The SMILES string of the molecule is CC(C)NCCCS(=O)(=O)Nc1ccc(Cl)cc1Br. The van der Waals surface area contributed by atoms with Crippen molar-refractivity contribution in [3.8, 4) is 0 Å². The number of anilines is 1. The summed E-state index contributed by atoms with van der Waals surface area (Å²) in [6, 6.07) is 5.29. The van der Waals surface area contributed by atoms with Gasteiger partial charge < -0.3 is 5.32 Å². The number of rotatable bonds is 7. The average Bonchev–Trinajstić information content (AvgIpc) is 2.28. The Balaban J connectivity index is 2.54. The molecule has 0 aromatic heterocycles. The molecule has 0 bridgehead atoms. The van der Waals surface area contributed by atoms with Gasteiger partial charge in [0.1, 0.15) is 0 Å². The van der Waals surface area contributed by atoms with Crippen LogP contribution in [0.1, 0.15) is 20.3 Å². The zero-order valence-corrected chi connectivity index (χ0v) is 14.1. The quantitative estimate of drug-likeness (QED) is 0.725. The molecule has 1 aromatic rings. The molecular formula is C12H18BrClN2O2S. The highest BCUT2D eigenvalue weighted by Crippen LogP contribution is 2.26. The van der Waals surface area contributed by atoms with Crippen molar-refractivity contribution in [2.45, 2.75) is 26.3 Å². The lowest BCUT2D eigenvalue weighted by molar-refractivity contribution is 0.571. The molecule has 0 saturated carbocycles. The van der Waals surface area contributed by atoms with E-state index in [1.807, 2.05) is 13.8 Å². The standard InChI is InChI=1S/C12H18BrClN2O2S/c1-9(2)15-6-3-7-19(17,18)16-12-5-4-10(14)8-11(12)13/h4-5,8-9,15-16H,3,6-7H2,1-2H3. The van der Waals surface area contributed by atoms with Crippen LogP contribution < -0.4 is 10.0 Å². The fourth-order valence-electron chi connectivity index (χ4n) is 1.44. The van der Waals surface area contributed by atoms with Crippen LogP contribution in [0.3, 0.4) is 0 Å². The van der Waals surface area contributed by atoms with Gasteiger partial charge in [-0.05, 0) is 47.1 Å². The van der Waals surface area contributed by atoms with Crippen molar-refractivity contribution in [1.82, 2.24) is 5.32 Å². The summed E-state index contributed by atoms with van der Waals surface area (Å²) in [6.07, 6.45) is 0.568. The van der Waals surface area contributed by atoms with Gasteiger partial charge in [0.05, 0.1) is 11.4 Å². The summed E-state index contributed by atoms with van der Waals surface area (Å²) in [4.78, 5) is 0. The summed E-state index contributed by atoms with van der Waals surface area (Å²) in [7, 11) is -3.33. The lowest BCUT2D eigenvalue weighted by Gasteiger charge is -2.11. The van der Waals surface area contributed by atoms with Crippen LogP contribution in [-0.4, -0.2) is 26.8 Å². The normalized spacial score (nSPS) is 11.8. The predicted octanol–water partition coefficient (Wildman–Crippen LogP) is 3.23. The molecule has 1 aromatic carbocycles. The minimum Gasteiger partial charge on any atom is -0.314 e. The molecule has 0 amide bonds. The number of sulfonamides is 1. The molecule has 2 N–H and O–H groups in total. The van der Waals surface area contributed by atoms with E-state index in [4.69, 9.17) is 11.6 Å². The highest BCUT2D eigenvalue weighted by Gasteiger charge is 2.12. The molecule has 108 valence electrons. The number of hydrogen-bond donors (Lipinski definition) is 2. The molecule has 0 atom stereocenters. The predicted molar refractivity (Wildman–Crippen MR) is 84.3 cm³/mol. The first-order valence-electron chi connectivity index (χ1n) is 5.99. The van der Waals surface area contributed by atoms with E-state index in [1.54, 1.807) is 18.2 Å². The maximum absolute atomic E-state index is 11.9. The smallest absolute Gasteiger partial charge is 0.232 e. The second kappa shape index (κ2) is 7.47. The van der Waals surface area contributed by atoms with Crippen molar-refractivity contribution in [3.05, 3.63) is 27.7 Å². The first-order valence-corrected chi connectivity index (χ1v) is 8.81. The summed E-state index contributed by atoms with van der Waals surface area (Å²) in [5.41, 5.74) is 0.501. The molecule has 0 aliphatic heterocycles. The minimum atomic E-state index is -3.33. The molecule has 0 saturated heterocycles. The third-order valence-electron chi connectivity index (χ3n) is 2.34. The highest BCUT2D eigenvalue weighted by molar-refractivity contribution is 9.10. The van der Waals surface area contributed by atoms with E-state index in [-0.39, 0.29) is 5.75 Å². The first-order chi connectivity index (χ1) is 8.80. The molecule has 0 unspecified atom stereocenters. The Kier molecular flexibility index (Phi) is 6.59. The van der Waals surface area contributed by atoms with Crippen molar-refractivity contribution in [2.24, 2.45) is 0 Å². The van der Waals surface area contributed by atoms with Gasteiger partial charge in [0.15, 0.2) is 0 Å². The molecular weight excluding hydrogens is 352 g/mol. The molecule has 0 fully saturated rings. The Morgan fingerprint density at radius 2 is 2.05 bits per heavy atom. The van der Waals surface area contributed by atoms with Crippen molar-refractivity contribution in [1.29, 1.82) is 0 Å². The Bertz CT molecular complexity index is 520. The van der Waals surface area contributed by atoms with Crippen molar-refractivity contribution < 1.29 is 8.42 Å². The lowest BCUT2D eigenvalue weighted by atomic mass is 10.3. The van der Waals surface area contributed by atoms with Crippen molar-refractivity contribution >= 4 is 43.2 Å². The van der Waals surface area contributed by atoms with E-state index in [2.05, 4.69) is 26.0 Å². The summed E-state index contributed by atoms with van der Waals surface area (Å²) in [5, 5.41) is 3.73. The third-order valence-corrected chi connectivity index (χ3v) is 4.59. The lowest BCUT2D eigenvalue weighted by Crippen LogP contribution is -2.26. The largest absolute Gasteiger partial charge is 0.314 e. The summed E-state index contributed by atoms with van der Waals surface area (Å²) in [5.74, 6) is 0.0851. The molecule has 7 heteroatoms. The number of nitrogens with one attached hydrogen (secondary N) is 2. The van der Waals surface area contributed by atoms with E-state index in [9.17, 15) is 8.42 Å². The fourth-order valence-corrected chi connectivity index (χ4v) is 3.50. The fraction of sp³-hybridized carbons (Fsp3) is 0.500. The van der Waals surface area contributed by atoms with Crippen LogP contribution >= 0.6 is 27.5 Å². The molecule has 0 aliphatic carbocycles. The topological polar surface area (TPSA) is 58.2 Å². The van der Waals surface area contributed by atoms with Crippen LogP contribution in [0.5, 0.6) is 0 Å². The first kappa shape index (κ1) is 16.8. The van der Waals surface area contributed by atoms with Gasteiger partial charge >= 0.3 is 0 Å². The number of hydrogen-bond acceptors (Lipinski definition) is 3. The number of halogens is 2. The molecule has 0 radical (unpaired) electrons. The Morgan fingerprint density at radius 1 is 1.37 bits per heavy atom. The molecule has 4 nitrogen and oxygen atoms in total. The van der Waals surface area contributed by atoms with Gasteiger partial charge in [-0.15, -0.1) is 0 Å². The molecule has 0 aliphatic rings. The van der Waals surface area contributed by atoms with Crippen molar-refractivity contribution in [2.75, 3.05) is 17.0 Å². The molecule has 19 heavy (non-hydrogen) atoms. The summed E-state index contributed by atoms with van der Waals surface area (Å²) in [6.45, 7) is 4.73. The molecule has 0 spiro atoms. The van der Waals surface area contributed by atoms with E-state index in [1.165, 1.54) is 0 Å². The van der Waals surface area contributed by atoms with Crippen LogP contribution in [0.4, 0.5) is 5.69 Å². The van der Waals surface area contributed by atoms with Gasteiger partial charge in [-0.2, -0.15) is 0 Å². The second-order valence-corrected chi connectivity index (χ2v) is 7.64. The van der Waals surface area contributed by atoms with Crippen LogP contribution in [0.15, 0.2) is 22.7 Å². The van der Waals surface area contributed by atoms with Gasteiger partial charge in [-0.25, -0.2) is 8.42 Å². The van der Waals surface area contributed by atoms with Crippen molar-refractivity contribution in [3.63, 3.8) is 0 Å². The Morgan fingerprint density at radius 3 is 2.63 bits per heavy atom. The highest BCUT2D eigenvalue weighted by atomic mass is 79.9. The summed E-state index contributed by atoms with van der Waals surface area (Å²) >= 11 is 9.08. The third kappa shape index (κ3) is 6.61. The average molecular weight is 370 g/mol. The van der Waals surface area contributed by atoms with Gasteiger partial charge in [0.25, 0.3) is 0 Å². The van der Waals surface area contributed by atoms with Gasteiger partial charge in [0.2, 0.25) is 10.0 Å². The number of benzene rings is 1. The van der Waals surface area contributed by atoms with Crippen LogP contribution in [0.25, 0.3) is 0 Å². The molecule has 0 heterocycles. The maximum Gasteiger partial charge on any atom is 0.232 e. The molecule has 1 rings (SSSR count). The van der Waals surface area contributed by atoms with Gasteiger partial charge in [-0.1, -0.05) is 25.4 Å². The van der Waals surface area contributed by atoms with E-state index in [0.29, 0.717) is 34.2 Å². The summed E-state index contributed by atoms with van der Waals surface area (Å²) < 4.78 is 26.9. The zero-order chi connectivity index (χ0) is 14.5. The second-order valence-electron chi connectivity index (χ2n) is 4.51. The Hall–Kier alpha value is -0.300. The minimum absolute atomic E-state index is 0.0851. The van der Waals surface area contributed by atoms with E-state index >= 15 is 0 Å². The Labute approximate surface area is 128 Å².